The Kier molecular flexibility index (Phi) is 5.36. The lowest BCUT2D eigenvalue weighted by molar-refractivity contribution is -0.0428. The summed E-state index contributed by atoms with van der Waals surface area (Å²) < 4.78 is 18.2. The topological polar surface area (TPSA) is 34.3 Å². The lowest BCUT2D eigenvalue weighted by atomic mass is 9.91. The van der Waals surface area contributed by atoms with Gasteiger partial charge in [0.1, 0.15) is 24.4 Å². The molecule has 2 aromatic carbocycles. The van der Waals surface area contributed by atoms with E-state index in [1.54, 1.807) is 0 Å². The van der Waals surface area contributed by atoms with Gasteiger partial charge in [0.05, 0.1) is 13.2 Å². The summed E-state index contributed by atoms with van der Waals surface area (Å²) in [5, 5.41) is 0. The number of epoxide rings is 2. The second-order valence-electron chi connectivity index (χ2n) is 8.29. The molecule has 4 unspecified atom stereocenters. The van der Waals surface area contributed by atoms with Crippen molar-refractivity contribution in [2.24, 2.45) is 0 Å². The lowest BCUT2D eigenvalue weighted by Gasteiger charge is -2.28. The van der Waals surface area contributed by atoms with Gasteiger partial charge in [-0.3, -0.25) is 0 Å². The van der Waals surface area contributed by atoms with Crippen molar-refractivity contribution in [2.75, 3.05) is 13.2 Å². The molecular formula is C24H30O3. The Morgan fingerprint density at radius 3 is 1.30 bits per heavy atom. The van der Waals surface area contributed by atoms with E-state index < -0.39 is 0 Å². The van der Waals surface area contributed by atoms with Gasteiger partial charge in [0, 0.05) is 0 Å². The molecule has 2 saturated heterocycles. The standard InChI is InChI=1S/C24H30O3/c1-15(2)17-9-5-7-11-19(17)23(21-13-25-21)27-24(22-14-26-22)20-12-8-6-10-18(20)16(3)4/h5-12,15-16,21-24H,13-14H2,1-4H3. The Bertz CT molecular complexity index is 709. The number of benzene rings is 2. The zero-order chi connectivity index (χ0) is 19.0. The average molecular weight is 367 g/mol. The Balaban J connectivity index is 1.69. The molecule has 3 heteroatoms. The first-order chi connectivity index (χ1) is 13.1. The molecule has 0 aliphatic carbocycles. The van der Waals surface area contributed by atoms with Crippen LogP contribution in [0.25, 0.3) is 0 Å². The number of hydrogen-bond donors (Lipinski definition) is 0. The molecule has 144 valence electrons. The first-order valence-corrected chi connectivity index (χ1v) is 10.1. The molecule has 2 aliphatic rings. The van der Waals surface area contributed by atoms with Crippen LogP contribution in [0.5, 0.6) is 0 Å². The lowest BCUT2D eigenvalue weighted by Crippen LogP contribution is -2.21. The largest absolute Gasteiger partial charge is 0.370 e. The van der Waals surface area contributed by atoms with Crippen molar-refractivity contribution in [1.29, 1.82) is 0 Å². The summed E-state index contributed by atoms with van der Waals surface area (Å²) >= 11 is 0. The number of ether oxygens (including phenoxy) is 3. The highest BCUT2D eigenvalue weighted by Gasteiger charge is 2.43. The maximum absolute atomic E-state index is 6.80. The van der Waals surface area contributed by atoms with Crippen LogP contribution in [0, 0.1) is 0 Å². The molecule has 27 heavy (non-hydrogen) atoms. The van der Waals surface area contributed by atoms with Crippen molar-refractivity contribution >= 4 is 0 Å². The molecule has 0 aromatic heterocycles. The fourth-order valence-electron chi connectivity index (χ4n) is 3.93. The summed E-state index contributed by atoms with van der Waals surface area (Å²) in [6, 6.07) is 17.2. The molecule has 0 amide bonds. The molecule has 4 atom stereocenters. The van der Waals surface area contributed by atoms with E-state index in [2.05, 4.69) is 76.2 Å². The molecule has 0 radical (unpaired) electrons. The minimum Gasteiger partial charge on any atom is -0.370 e. The van der Waals surface area contributed by atoms with Crippen LogP contribution < -0.4 is 0 Å². The van der Waals surface area contributed by atoms with Crippen molar-refractivity contribution in [3.05, 3.63) is 70.8 Å². The zero-order valence-corrected chi connectivity index (χ0v) is 16.7. The average Bonchev–Trinajstić information content (AvgIpc) is 3.55. The first-order valence-electron chi connectivity index (χ1n) is 10.1. The van der Waals surface area contributed by atoms with Crippen molar-refractivity contribution in [2.45, 2.75) is 63.9 Å². The Hall–Kier alpha value is -1.68. The SMILES string of the molecule is CC(C)c1ccccc1C(OC(c1ccccc1C(C)C)C1CO1)C1CO1. The summed E-state index contributed by atoms with van der Waals surface area (Å²) in [7, 11) is 0. The molecule has 2 heterocycles. The summed E-state index contributed by atoms with van der Waals surface area (Å²) in [4.78, 5) is 0. The molecule has 0 bridgehead atoms. The minimum absolute atomic E-state index is 0.0574. The highest BCUT2D eigenvalue weighted by atomic mass is 16.6. The molecule has 3 nitrogen and oxygen atoms in total. The Morgan fingerprint density at radius 2 is 1.00 bits per heavy atom. The Labute approximate surface area is 162 Å². The fourth-order valence-corrected chi connectivity index (χ4v) is 3.93. The molecular weight excluding hydrogens is 336 g/mol. The summed E-state index contributed by atoms with van der Waals surface area (Å²) in [5.41, 5.74) is 5.18. The molecule has 2 fully saturated rings. The summed E-state index contributed by atoms with van der Waals surface area (Å²) in [6.07, 6.45) is 0.158. The summed E-state index contributed by atoms with van der Waals surface area (Å²) in [6.45, 7) is 10.5. The molecule has 0 spiro atoms. The van der Waals surface area contributed by atoms with E-state index in [0.717, 1.165) is 13.2 Å². The van der Waals surface area contributed by atoms with Gasteiger partial charge in [-0.15, -0.1) is 0 Å². The van der Waals surface area contributed by atoms with Crippen LogP contribution in [0.2, 0.25) is 0 Å². The van der Waals surface area contributed by atoms with Gasteiger partial charge in [-0.1, -0.05) is 76.2 Å². The monoisotopic (exact) mass is 366 g/mol. The third kappa shape index (κ3) is 4.11. The van der Waals surface area contributed by atoms with Crippen molar-refractivity contribution in [3.8, 4) is 0 Å². The number of rotatable bonds is 8. The van der Waals surface area contributed by atoms with E-state index >= 15 is 0 Å². The third-order valence-corrected chi connectivity index (χ3v) is 5.54. The third-order valence-electron chi connectivity index (χ3n) is 5.54. The van der Waals surface area contributed by atoms with Gasteiger partial charge in [-0.05, 0) is 34.1 Å². The maximum Gasteiger partial charge on any atom is 0.112 e. The van der Waals surface area contributed by atoms with Crippen LogP contribution >= 0.6 is 0 Å². The van der Waals surface area contributed by atoms with E-state index in [1.165, 1.54) is 22.3 Å². The van der Waals surface area contributed by atoms with Crippen LogP contribution in [0.3, 0.4) is 0 Å². The molecule has 2 aromatic rings. The first kappa shape index (κ1) is 18.7. The van der Waals surface area contributed by atoms with Gasteiger partial charge < -0.3 is 14.2 Å². The quantitative estimate of drug-likeness (QED) is 0.576. The van der Waals surface area contributed by atoms with Crippen molar-refractivity contribution < 1.29 is 14.2 Å². The zero-order valence-electron chi connectivity index (χ0n) is 16.7. The second-order valence-corrected chi connectivity index (χ2v) is 8.29. The van der Waals surface area contributed by atoms with Gasteiger partial charge in [0.25, 0.3) is 0 Å². The molecule has 0 saturated carbocycles. The Morgan fingerprint density at radius 1 is 0.667 bits per heavy atom. The molecule has 0 N–H and O–H groups in total. The van der Waals surface area contributed by atoms with Gasteiger partial charge >= 0.3 is 0 Å². The molecule has 2 aliphatic heterocycles. The summed E-state index contributed by atoms with van der Waals surface area (Å²) in [5.74, 6) is 0.897. The van der Waals surface area contributed by atoms with Gasteiger partial charge in [-0.2, -0.15) is 0 Å². The van der Waals surface area contributed by atoms with E-state index in [9.17, 15) is 0 Å². The second kappa shape index (κ2) is 7.75. The van der Waals surface area contributed by atoms with Gasteiger partial charge in [-0.25, -0.2) is 0 Å². The van der Waals surface area contributed by atoms with Crippen molar-refractivity contribution in [3.63, 3.8) is 0 Å². The van der Waals surface area contributed by atoms with Crippen LogP contribution in [0.4, 0.5) is 0 Å². The van der Waals surface area contributed by atoms with E-state index in [4.69, 9.17) is 14.2 Å². The van der Waals surface area contributed by atoms with Crippen LogP contribution in [0.1, 0.15) is 74.0 Å². The van der Waals surface area contributed by atoms with Crippen LogP contribution in [0.15, 0.2) is 48.5 Å². The molecule has 4 rings (SSSR count). The fraction of sp³-hybridized carbons (Fsp3) is 0.500. The van der Waals surface area contributed by atoms with Crippen molar-refractivity contribution in [1.82, 2.24) is 0 Å². The predicted molar refractivity (Wildman–Crippen MR) is 107 cm³/mol. The van der Waals surface area contributed by atoms with E-state index in [-0.39, 0.29) is 24.4 Å². The van der Waals surface area contributed by atoms with Crippen LogP contribution in [-0.2, 0) is 14.2 Å². The highest BCUT2D eigenvalue weighted by Crippen LogP contribution is 2.43. The van der Waals surface area contributed by atoms with Crippen LogP contribution in [-0.4, -0.2) is 25.4 Å². The number of hydrogen-bond acceptors (Lipinski definition) is 3. The van der Waals surface area contributed by atoms with Gasteiger partial charge in [0.15, 0.2) is 0 Å². The van der Waals surface area contributed by atoms with Gasteiger partial charge in [0.2, 0.25) is 0 Å². The highest BCUT2D eigenvalue weighted by molar-refractivity contribution is 5.35. The van der Waals surface area contributed by atoms with E-state index in [1.807, 2.05) is 0 Å². The van der Waals surface area contributed by atoms with E-state index in [0.29, 0.717) is 11.8 Å². The smallest absolute Gasteiger partial charge is 0.112 e. The predicted octanol–water partition coefficient (Wildman–Crippen LogP) is 5.53. The normalized spacial score (nSPS) is 23.5. The maximum atomic E-state index is 6.80. The minimum atomic E-state index is -0.0574.